The molecule has 1 aliphatic rings. The van der Waals surface area contributed by atoms with E-state index in [1.54, 1.807) is 6.92 Å². The number of hydrogen-bond donors (Lipinski definition) is 2. The zero-order chi connectivity index (χ0) is 11.6. The molecule has 1 rings (SSSR count). The minimum absolute atomic E-state index is 0.00926. The van der Waals surface area contributed by atoms with E-state index in [4.69, 9.17) is 5.11 Å². The number of aliphatic hydroxyl groups excluding tert-OH is 1. The Kier molecular flexibility index (Phi) is 3.93. The van der Waals surface area contributed by atoms with Crippen LogP contribution in [0.4, 0.5) is 4.79 Å². The lowest BCUT2D eigenvalue weighted by atomic mass is 10.1. The summed E-state index contributed by atoms with van der Waals surface area (Å²) in [5.41, 5.74) is 0. The van der Waals surface area contributed by atoms with Crippen molar-refractivity contribution in [2.45, 2.75) is 39.0 Å². The number of aliphatic hydroxyl groups is 1. The topological polar surface area (TPSA) is 64.0 Å². The van der Waals surface area contributed by atoms with Crippen LogP contribution in [0.1, 0.15) is 20.8 Å². The van der Waals surface area contributed by atoms with Crippen LogP contribution in [0.2, 0.25) is 0 Å². The molecule has 0 saturated carbocycles. The van der Waals surface area contributed by atoms with Crippen LogP contribution in [0.15, 0.2) is 0 Å². The molecule has 0 spiro atoms. The molecule has 88 valence electrons. The standard InChI is InChI=1S/C10H20N2O3/c1-7-4-11(6-9(3)13)5-8(2)12(7)10(14)15/h7-9,13H,4-6H2,1-3H3,(H,14,15). The molecule has 0 aromatic heterocycles. The van der Waals surface area contributed by atoms with Crippen LogP contribution >= 0.6 is 0 Å². The summed E-state index contributed by atoms with van der Waals surface area (Å²) in [6.45, 7) is 7.56. The lowest BCUT2D eigenvalue weighted by molar-refractivity contribution is 0.0232. The van der Waals surface area contributed by atoms with E-state index in [1.165, 1.54) is 4.90 Å². The van der Waals surface area contributed by atoms with E-state index in [0.29, 0.717) is 19.6 Å². The molecular formula is C10H20N2O3. The Morgan fingerprint density at radius 2 is 1.87 bits per heavy atom. The van der Waals surface area contributed by atoms with Gasteiger partial charge in [-0.15, -0.1) is 0 Å². The van der Waals surface area contributed by atoms with Crippen molar-refractivity contribution in [3.63, 3.8) is 0 Å². The van der Waals surface area contributed by atoms with Crippen LogP contribution in [0.3, 0.4) is 0 Å². The number of amides is 1. The fourth-order valence-corrected chi connectivity index (χ4v) is 2.33. The zero-order valence-electron chi connectivity index (χ0n) is 9.55. The summed E-state index contributed by atoms with van der Waals surface area (Å²) in [7, 11) is 0. The highest BCUT2D eigenvalue weighted by Crippen LogP contribution is 2.15. The quantitative estimate of drug-likeness (QED) is 0.703. The Morgan fingerprint density at radius 3 is 2.20 bits per heavy atom. The van der Waals surface area contributed by atoms with Gasteiger partial charge in [0.1, 0.15) is 0 Å². The van der Waals surface area contributed by atoms with Crippen molar-refractivity contribution in [3.05, 3.63) is 0 Å². The van der Waals surface area contributed by atoms with E-state index < -0.39 is 6.09 Å². The monoisotopic (exact) mass is 216 g/mol. The summed E-state index contributed by atoms with van der Waals surface area (Å²) in [6, 6.07) is -0.0185. The Morgan fingerprint density at radius 1 is 1.40 bits per heavy atom. The van der Waals surface area contributed by atoms with Crippen LogP contribution in [-0.2, 0) is 0 Å². The number of rotatable bonds is 2. The van der Waals surface area contributed by atoms with E-state index in [-0.39, 0.29) is 18.2 Å². The Hall–Kier alpha value is -0.810. The molecule has 5 nitrogen and oxygen atoms in total. The summed E-state index contributed by atoms with van der Waals surface area (Å²) in [4.78, 5) is 14.6. The normalized spacial score (nSPS) is 30.3. The van der Waals surface area contributed by atoms with Gasteiger partial charge < -0.3 is 15.1 Å². The summed E-state index contributed by atoms with van der Waals surface area (Å²) in [5.74, 6) is 0. The molecule has 1 aliphatic heterocycles. The van der Waals surface area contributed by atoms with E-state index in [0.717, 1.165) is 0 Å². The van der Waals surface area contributed by atoms with Crippen molar-refractivity contribution in [3.8, 4) is 0 Å². The van der Waals surface area contributed by atoms with Gasteiger partial charge in [0, 0.05) is 31.7 Å². The maximum absolute atomic E-state index is 11.0. The van der Waals surface area contributed by atoms with E-state index >= 15 is 0 Å². The van der Waals surface area contributed by atoms with Crippen molar-refractivity contribution in [2.75, 3.05) is 19.6 Å². The molecule has 15 heavy (non-hydrogen) atoms. The summed E-state index contributed by atoms with van der Waals surface area (Å²) < 4.78 is 0. The van der Waals surface area contributed by atoms with E-state index in [1.807, 2.05) is 13.8 Å². The third kappa shape index (κ3) is 3.07. The molecular weight excluding hydrogens is 196 g/mol. The van der Waals surface area contributed by atoms with Gasteiger partial charge >= 0.3 is 6.09 Å². The van der Waals surface area contributed by atoms with Gasteiger partial charge in [-0.25, -0.2) is 4.79 Å². The van der Waals surface area contributed by atoms with Crippen molar-refractivity contribution in [1.29, 1.82) is 0 Å². The lowest BCUT2D eigenvalue weighted by Crippen LogP contribution is -2.59. The van der Waals surface area contributed by atoms with Crippen molar-refractivity contribution in [2.24, 2.45) is 0 Å². The maximum atomic E-state index is 11.0. The molecule has 1 heterocycles. The van der Waals surface area contributed by atoms with Gasteiger partial charge in [0.05, 0.1) is 6.10 Å². The van der Waals surface area contributed by atoms with Gasteiger partial charge in [0.2, 0.25) is 0 Å². The summed E-state index contributed by atoms with van der Waals surface area (Å²) in [6.07, 6.45) is -1.22. The molecule has 0 aliphatic carbocycles. The number of hydrogen-bond acceptors (Lipinski definition) is 3. The highest BCUT2D eigenvalue weighted by Gasteiger charge is 2.32. The molecule has 3 atom stereocenters. The first-order valence-corrected chi connectivity index (χ1v) is 5.33. The van der Waals surface area contributed by atoms with Crippen molar-refractivity contribution < 1.29 is 15.0 Å². The molecule has 2 N–H and O–H groups in total. The predicted molar refractivity (Wildman–Crippen MR) is 56.9 cm³/mol. The van der Waals surface area contributed by atoms with Crippen molar-refractivity contribution >= 4 is 6.09 Å². The number of carbonyl (C=O) groups is 1. The molecule has 1 amide bonds. The molecule has 5 heteroatoms. The molecule has 0 bridgehead atoms. The van der Waals surface area contributed by atoms with Gasteiger partial charge in [-0.1, -0.05) is 0 Å². The van der Waals surface area contributed by atoms with Crippen LogP contribution in [0.25, 0.3) is 0 Å². The third-order valence-corrected chi connectivity index (χ3v) is 2.74. The third-order valence-electron chi connectivity index (χ3n) is 2.74. The highest BCUT2D eigenvalue weighted by atomic mass is 16.4. The second-order valence-electron chi connectivity index (χ2n) is 4.46. The predicted octanol–water partition coefficient (Wildman–Crippen LogP) is 0.440. The Labute approximate surface area is 90.3 Å². The first-order chi connectivity index (χ1) is 6.91. The van der Waals surface area contributed by atoms with E-state index in [2.05, 4.69) is 4.90 Å². The molecule has 0 radical (unpaired) electrons. The fraction of sp³-hybridized carbons (Fsp3) is 0.900. The molecule has 0 aromatic rings. The van der Waals surface area contributed by atoms with Gasteiger partial charge in [0.25, 0.3) is 0 Å². The Bertz CT molecular complexity index is 221. The second kappa shape index (κ2) is 4.81. The molecule has 0 aromatic carbocycles. The first-order valence-electron chi connectivity index (χ1n) is 5.33. The minimum atomic E-state index is -0.855. The molecule has 1 saturated heterocycles. The van der Waals surface area contributed by atoms with Crippen LogP contribution in [0, 0.1) is 0 Å². The van der Waals surface area contributed by atoms with E-state index in [9.17, 15) is 9.90 Å². The average molecular weight is 216 g/mol. The van der Waals surface area contributed by atoms with Crippen molar-refractivity contribution in [1.82, 2.24) is 9.80 Å². The SMILES string of the molecule is CC(O)CN1CC(C)N(C(=O)O)C(C)C1. The number of nitrogens with zero attached hydrogens (tertiary/aromatic N) is 2. The molecule has 3 unspecified atom stereocenters. The number of β-amino-alcohol motifs (C(OH)–C–C–N with tert-alkyl or cyclic N) is 1. The second-order valence-corrected chi connectivity index (χ2v) is 4.46. The van der Waals surface area contributed by atoms with Crippen LogP contribution in [0.5, 0.6) is 0 Å². The van der Waals surface area contributed by atoms with Gasteiger partial charge in [0.15, 0.2) is 0 Å². The Balaban J connectivity index is 2.58. The minimum Gasteiger partial charge on any atom is -0.465 e. The first kappa shape index (κ1) is 12.3. The maximum Gasteiger partial charge on any atom is 0.407 e. The van der Waals surface area contributed by atoms with Gasteiger partial charge in [-0.05, 0) is 20.8 Å². The van der Waals surface area contributed by atoms with Gasteiger partial charge in [-0.2, -0.15) is 0 Å². The largest absolute Gasteiger partial charge is 0.465 e. The number of piperazine rings is 1. The summed E-state index contributed by atoms with van der Waals surface area (Å²) in [5, 5.41) is 18.3. The highest BCUT2D eigenvalue weighted by molar-refractivity contribution is 5.66. The smallest absolute Gasteiger partial charge is 0.407 e. The van der Waals surface area contributed by atoms with Crippen LogP contribution in [-0.4, -0.2) is 63.9 Å². The average Bonchev–Trinajstić information content (AvgIpc) is 1.99. The van der Waals surface area contributed by atoms with Crippen LogP contribution < -0.4 is 0 Å². The van der Waals surface area contributed by atoms with Gasteiger partial charge in [-0.3, -0.25) is 4.90 Å². The number of carboxylic acid groups (broad SMARTS) is 1. The zero-order valence-corrected chi connectivity index (χ0v) is 9.55. The summed E-state index contributed by atoms with van der Waals surface area (Å²) >= 11 is 0. The lowest BCUT2D eigenvalue weighted by Gasteiger charge is -2.43. The fourth-order valence-electron chi connectivity index (χ4n) is 2.33. The molecule has 1 fully saturated rings.